The summed E-state index contributed by atoms with van der Waals surface area (Å²) in [4.78, 5) is 4.90. The van der Waals surface area contributed by atoms with Crippen LogP contribution >= 0.6 is 0 Å². The molecule has 0 atom stereocenters. The molecule has 0 radical (unpaired) electrons. The van der Waals surface area contributed by atoms with Crippen LogP contribution in [0.4, 0.5) is 34.1 Å². The maximum absolute atomic E-state index is 7.21. The monoisotopic (exact) mass is 916 g/mol. The Morgan fingerprint density at radius 1 is 0.380 bits per heavy atom. The van der Waals surface area contributed by atoms with E-state index in [9.17, 15) is 0 Å². The highest BCUT2D eigenvalue weighted by atomic mass is 16.3. The SMILES string of the molecule is Cc1ccc(N(c2ccc(-c3ccccc3)cc2)c2cc3c(c4c2oc2ccccc24)-c2cc4oc5ccccc5c4c(N(c4ccc(-c5ccccc5)cc4)c4ccc(C)c(C)c4)c2C3(C)C)cc1C. The minimum Gasteiger partial charge on any atom is -0.456 e. The zero-order valence-corrected chi connectivity index (χ0v) is 40.8. The van der Waals surface area contributed by atoms with Crippen molar-refractivity contribution >= 4 is 78.0 Å². The van der Waals surface area contributed by atoms with Crippen molar-refractivity contribution in [1.29, 1.82) is 0 Å². The quantitative estimate of drug-likeness (QED) is 0.152. The van der Waals surface area contributed by atoms with Gasteiger partial charge in [-0.3, -0.25) is 0 Å². The Hall–Kier alpha value is -8.60. The van der Waals surface area contributed by atoms with Crippen molar-refractivity contribution in [3.8, 4) is 33.4 Å². The van der Waals surface area contributed by atoms with Gasteiger partial charge >= 0.3 is 0 Å². The summed E-state index contributed by atoms with van der Waals surface area (Å²) < 4.78 is 14.2. The highest BCUT2D eigenvalue weighted by molar-refractivity contribution is 6.23. The number of hydrogen-bond donors (Lipinski definition) is 0. The Bertz CT molecular complexity index is 4050. The van der Waals surface area contributed by atoms with Crippen LogP contribution in [0.1, 0.15) is 47.2 Å². The molecule has 10 aromatic carbocycles. The lowest BCUT2D eigenvalue weighted by Gasteiger charge is -2.33. The Morgan fingerprint density at radius 3 is 1.41 bits per heavy atom. The number of aryl methyl sites for hydroxylation is 4. The van der Waals surface area contributed by atoms with Crippen LogP contribution in [0.3, 0.4) is 0 Å². The summed E-state index contributed by atoms with van der Waals surface area (Å²) in [5, 5.41) is 4.36. The molecular weight excluding hydrogens is 865 g/mol. The molecule has 2 aromatic heterocycles. The molecule has 0 bridgehead atoms. The molecule has 342 valence electrons. The summed E-state index contributed by atoms with van der Waals surface area (Å²) >= 11 is 0. The average Bonchev–Trinajstić information content (AvgIpc) is 4.04. The number of hydrogen-bond acceptors (Lipinski definition) is 4. The molecular formula is C67H52N2O2. The summed E-state index contributed by atoms with van der Waals surface area (Å²) in [7, 11) is 0. The molecule has 0 aliphatic heterocycles. The normalized spacial score (nSPS) is 12.8. The molecule has 0 spiro atoms. The van der Waals surface area contributed by atoms with Crippen molar-refractivity contribution in [2.24, 2.45) is 0 Å². The summed E-state index contributed by atoms with van der Waals surface area (Å²) in [6.07, 6.45) is 0. The van der Waals surface area contributed by atoms with E-state index in [1.54, 1.807) is 0 Å². The number of benzene rings is 10. The Balaban J connectivity index is 1.12. The van der Waals surface area contributed by atoms with E-state index in [1.165, 1.54) is 61.2 Å². The number of rotatable bonds is 8. The summed E-state index contributed by atoms with van der Waals surface area (Å²) in [6.45, 7) is 13.6. The van der Waals surface area contributed by atoms with Crippen molar-refractivity contribution in [2.75, 3.05) is 9.80 Å². The highest BCUT2D eigenvalue weighted by Gasteiger charge is 2.44. The predicted octanol–water partition coefficient (Wildman–Crippen LogP) is 19.3. The molecule has 0 unspecified atom stereocenters. The first kappa shape index (κ1) is 42.5. The first-order valence-electron chi connectivity index (χ1n) is 24.7. The second-order valence-corrected chi connectivity index (χ2v) is 19.9. The van der Waals surface area contributed by atoms with E-state index in [0.717, 1.165) is 83.6 Å². The third-order valence-corrected chi connectivity index (χ3v) is 15.3. The lowest BCUT2D eigenvalue weighted by molar-refractivity contribution is 0.655. The molecule has 0 amide bonds. The van der Waals surface area contributed by atoms with Gasteiger partial charge in [-0.05, 0) is 167 Å². The van der Waals surface area contributed by atoms with Gasteiger partial charge in [0.15, 0.2) is 5.58 Å². The van der Waals surface area contributed by atoms with E-state index in [0.29, 0.717) is 0 Å². The van der Waals surface area contributed by atoms with Crippen molar-refractivity contribution < 1.29 is 8.83 Å². The van der Waals surface area contributed by atoms with Gasteiger partial charge in [0.1, 0.15) is 16.7 Å². The van der Waals surface area contributed by atoms with Gasteiger partial charge in [0.25, 0.3) is 0 Å². The lowest BCUT2D eigenvalue weighted by atomic mass is 9.80. The fourth-order valence-corrected chi connectivity index (χ4v) is 11.3. The lowest BCUT2D eigenvalue weighted by Crippen LogP contribution is -2.21. The summed E-state index contributed by atoms with van der Waals surface area (Å²) in [5.41, 5.74) is 23.7. The Kier molecular flexibility index (Phi) is 9.73. The van der Waals surface area contributed by atoms with Crippen LogP contribution in [-0.4, -0.2) is 0 Å². The van der Waals surface area contributed by atoms with Crippen LogP contribution in [-0.2, 0) is 5.41 Å². The van der Waals surface area contributed by atoms with Gasteiger partial charge in [-0.2, -0.15) is 0 Å². The average molecular weight is 917 g/mol. The fraction of sp³-hybridized carbons (Fsp3) is 0.104. The van der Waals surface area contributed by atoms with E-state index in [4.69, 9.17) is 8.83 Å². The van der Waals surface area contributed by atoms with Gasteiger partial charge in [0.2, 0.25) is 0 Å². The smallest absolute Gasteiger partial charge is 0.160 e. The van der Waals surface area contributed by atoms with Gasteiger partial charge in [-0.1, -0.05) is 147 Å². The van der Waals surface area contributed by atoms with E-state index in [1.807, 2.05) is 0 Å². The first-order chi connectivity index (χ1) is 34.6. The van der Waals surface area contributed by atoms with Crippen molar-refractivity contribution in [3.05, 3.63) is 240 Å². The fourth-order valence-electron chi connectivity index (χ4n) is 11.3. The Labute approximate surface area is 414 Å². The molecule has 1 aliphatic rings. The van der Waals surface area contributed by atoms with Gasteiger partial charge in [0, 0.05) is 44.3 Å². The molecule has 4 heteroatoms. The zero-order valence-electron chi connectivity index (χ0n) is 40.8. The maximum Gasteiger partial charge on any atom is 0.160 e. The van der Waals surface area contributed by atoms with Gasteiger partial charge in [-0.25, -0.2) is 0 Å². The Morgan fingerprint density at radius 2 is 0.845 bits per heavy atom. The van der Waals surface area contributed by atoms with Gasteiger partial charge < -0.3 is 18.6 Å². The van der Waals surface area contributed by atoms with Crippen molar-refractivity contribution in [1.82, 2.24) is 0 Å². The molecule has 2 heterocycles. The minimum absolute atomic E-state index is 0.526. The topological polar surface area (TPSA) is 32.8 Å². The zero-order chi connectivity index (χ0) is 48.1. The molecule has 13 rings (SSSR count). The van der Waals surface area contributed by atoms with Crippen molar-refractivity contribution in [3.63, 3.8) is 0 Å². The number of anilines is 6. The van der Waals surface area contributed by atoms with E-state index < -0.39 is 5.41 Å². The number of nitrogens with zero attached hydrogens (tertiary/aromatic N) is 2. The molecule has 0 saturated heterocycles. The summed E-state index contributed by atoms with van der Waals surface area (Å²) in [5.74, 6) is 0. The van der Waals surface area contributed by atoms with E-state index >= 15 is 0 Å². The number of para-hydroxylation sites is 2. The third kappa shape index (κ3) is 6.73. The second kappa shape index (κ2) is 16.3. The minimum atomic E-state index is -0.526. The number of fused-ring (bicyclic) bond motifs is 10. The molecule has 71 heavy (non-hydrogen) atoms. The van der Waals surface area contributed by atoms with Crippen LogP contribution in [0, 0.1) is 27.7 Å². The van der Waals surface area contributed by atoms with E-state index in [2.05, 4.69) is 258 Å². The van der Waals surface area contributed by atoms with Gasteiger partial charge in [-0.15, -0.1) is 0 Å². The third-order valence-electron chi connectivity index (χ3n) is 15.3. The highest BCUT2D eigenvalue weighted by Crippen LogP contribution is 2.62. The molecule has 1 aliphatic carbocycles. The van der Waals surface area contributed by atoms with Crippen LogP contribution < -0.4 is 9.80 Å². The van der Waals surface area contributed by atoms with Crippen LogP contribution in [0.2, 0.25) is 0 Å². The number of furan rings is 2. The van der Waals surface area contributed by atoms with Crippen LogP contribution in [0.25, 0.3) is 77.3 Å². The summed E-state index contributed by atoms with van der Waals surface area (Å²) in [6, 6.07) is 74.8. The standard InChI is InChI=1S/C67H52N2O2/c1-41-25-31-51(37-43(41)3)68(49-33-27-47(28-34-49)45-17-9-7-10-18-45)57-40-56-61(63-54-22-14-16-24-59(54)71-66(57)63)55-39-60-62(53-21-13-15-23-58(53)70-60)65(64(55)67(56,5)6)69(52-32-26-42(2)44(4)38-52)50-35-29-48(30-36-50)46-19-11-8-12-20-46/h7-40H,1-6H3. The van der Waals surface area contributed by atoms with Gasteiger partial charge in [0.05, 0.1) is 16.8 Å². The van der Waals surface area contributed by atoms with Crippen molar-refractivity contribution in [2.45, 2.75) is 47.0 Å². The van der Waals surface area contributed by atoms with Crippen LogP contribution in [0.5, 0.6) is 0 Å². The predicted molar refractivity (Wildman–Crippen MR) is 298 cm³/mol. The second-order valence-electron chi connectivity index (χ2n) is 19.9. The van der Waals surface area contributed by atoms with E-state index in [-0.39, 0.29) is 0 Å². The molecule has 12 aromatic rings. The molecule has 0 saturated carbocycles. The molecule has 4 nitrogen and oxygen atoms in total. The maximum atomic E-state index is 7.21. The largest absolute Gasteiger partial charge is 0.456 e. The molecule has 0 fully saturated rings. The molecule has 0 N–H and O–H groups in total. The first-order valence-corrected chi connectivity index (χ1v) is 24.7. The van der Waals surface area contributed by atoms with Crippen LogP contribution in [0.15, 0.2) is 215 Å².